The minimum Gasteiger partial charge on any atom is -0.304 e. The Hall–Kier alpha value is -0.510. The maximum atomic E-state index is 2.45. The van der Waals surface area contributed by atoms with Gasteiger partial charge < -0.3 is 4.90 Å². The van der Waals surface area contributed by atoms with Crippen LogP contribution in [-0.4, -0.2) is 42.4 Å². The number of rotatable bonds is 2. The predicted molar refractivity (Wildman–Crippen MR) is 66.1 cm³/mol. The third-order valence-corrected chi connectivity index (χ3v) is 3.82. The molecule has 0 N–H and O–H groups in total. The molecule has 1 aromatic carbocycles. The van der Waals surface area contributed by atoms with Gasteiger partial charge in [-0.05, 0) is 38.1 Å². The number of hydrogen-bond donors (Lipinski definition) is 0. The number of likely N-dealkylation sites (N-methyl/N-ethyl adjacent to an activating group) is 1. The van der Waals surface area contributed by atoms with Gasteiger partial charge in [0.25, 0.3) is 0 Å². The van der Waals surface area contributed by atoms with Crippen molar-refractivity contribution < 1.29 is 0 Å². The summed E-state index contributed by atoms with van der Waals surface area (Å²) in [6, 6.07) is 8.77. The molecule has 1 aliphatic heterocycles. The third-order valence-electron chi connectivity index (χ3n) is 2.72. The number of piperazine rings is 1. The van der Waals surface area contributed by atoms with Crippen LogP contribution in [0.1, 0.15) is 5.56 Å². The topological polar surface area (TPSA) is 6.48 Å². The standard InChI is InChI=1S/C12H18N2S/c1-11-3-5-12(6-4-11)15-14-9-7-13(2)8-10-14/h3-6H,7-10H2,1-2H3. The highest BCUT2D eigenvalue weighted by atomic mass is 32.2. The second-order valence-corrected chi connectivity index (χ2v) is 5.31. The van der Waals surface area contributed by atoms with Crippen LogP contribution in [0.25, 0.3) is 0 Å². The van der Waals surface area contributed by atoms with Gasteiger partial charge in [-0.25, -0.2) is 4.31 Å². The average molecular weight is 222 g/mol. The van der Waals surface area contributed by atoms with E-state index in [1.165, 1.54) is 23.5 Å². The summed E-state index contributed by atoms with van der Waals surface area (Å²) in [4.78, 5) is 3.73. The summed E-state index contributed by atoms with van der Waals surface area (Å²) >= 11 is 1.88. The molecule has 1 saturated heterocycles. The normalized spacial score (nSPS) is 19.3. The summed E-state index contributed by atoms with van der Waals surface area (Å²) in [5.41, 5.74) is 1.33. The number of hydrogen-bond acceptors (Lipinski definition) is 3. The molecule has 0 amide bonds. The lowest BCUT2D eigenvalue weighted by Gasteiger charge is -2.31. The molecule has 15 heavy (non-hydrogen) atoms. The van der Waals surface area contributed by atoms with Crippen LogP contribution < -0.4 is 0 Å². The molecule has 2 nitrogen and oxygen atoms in total. The first-order valence-electron chi connectivity index (χ1n) is 5.42. The lowest BCUT2D eigenvalue weighted by atomic mass is 10.2. The first-order chi connectivity index (χ1) is 7.24. The molecule has 0 radical (unpaired) electrons. The zero-order chi connectivity index (χ0) is 10.7. The summed E-state index contributed by atoms with van der Waals surface area (Å²) in [6.07, 6.45) is 0. The van der Waals surface area contributed by atoms with Crippen LogP contribution >= 0.6 is 11.9 Å². The Labute approximate surface area is 96.4 Å². The summed E-state index contributed by atoms with van der Waals surface area (Å²) in [6.45, 7) is 6.81. The summed E-state index contributed by atoms with van der Waals surface area (Å²) in [5.74, 6) is 0. The van der Waals surface area contributed by atoms with E-state index in [9.17, 15) is 0 Å². The fourth-order valence-electron chi connectivity index (χ4n) is 1.63. The molecule has 1 aromatic rings. The summed E-state index contributed by atoms with van der Waals surface area (Å²) in [7, 11) is 2.19. The zero-order valence-electron chi connectivity index (χ0n) is 9.44. The van der Waals surface area contributed by atoms with Gasteiger partial charge in [-0.2, -0.15) is 0 Å². The van der Waals surface area contributed by atoms with E-state index in [4.69, 9.17) is 0 Å². The van der Waals surface area contributed by atoms with Crippen molar-refractivity contribution in [3.05, 3.63) is 29.8 Å². The van der Waals surface area contributed by atoms with Gasteiger partial charge in [-0.15, -0.1) is 0 Å². The van der Waals surface area contributed by atoms with Crippen LogP contribution in [-0.2, 0) is 0 Å². The fourth-order valence-corrected chi connectivity index (χ4v) is 2.53. The minimum absolute atomic E-state index is 1.16. The van der Waals surface area contributed by atoms with E-state index in [-0.39, 0.29) is 0 Å². The molecule has 0 bridgehead atoms. The third kappa shape index (κ3) is 3.23. The van der Waals surface area contributed by atoms with Gasteiger partial charge in [0.2, 0.25) is 0 Å². The molecule has 2 rings (SSSR count). The highest BCUT2D eigenvalue weighted by Crippen LogP contribution is 2.23. The SMILES string of the molecule is Cc1ccc(SN2CCN(C)CC2)cc1. The van der Waals surface area contributed by atoms with Crippen molar-refractivity contribution in [2.24, 2.45) is 0 Å². The Morgan fingerprint density at radius 2 is 1.60 bits per heavy atom. The van der Waals surface area contributed by atoms with Crippen molar-refractivity contribution in [2.75, 3.05) is 33.2 Å². The largest absolute Gasteiger partial charge is 0.304 e. The summed E-state index contributed by atoms with van der Waals surface area (Å²) in [5, 5.41) is 0. The maximum absolute atomic E-state index is 2.45. The van der Waals surface area contributed by atoms with Crippen molar-refractivity contribution >= 4 is 11.9 Å². The minimum atomic E-state index is 1.16. The number of aryl methyl sites for hydroxylation is 1. The van der Waals surface area contributed by atoms with E-state index in [2.05, 4.69) is 47.4 Å². The Bertz CT molecular complexity index is 302. The van der Waals surface area contributed by atoms with Crippen molar-refractivity contribution in [2.45, 2.75) is 11.8 Å². The van der Waals surface area contributed by atoms with E-state index in [1.54, 1.807) is 0 Å². The molecule has 0 spiro atoms. The molecular weight excluding hydrogens is 204 g/mol. The molecule has 82 valence electrons. The summed E-state index contributed by atoms with van der Waals surface area (Å²) < 4.78 is 2.45. The van der Waals surface area contributed by atoms with E-state index in [0.717, 1.165) is 13.1 Å². The molecule has 0 aromatic heterocycles. The van der Waals surface area contributed by atoms with Crippen LogP contribution in [0.4, 0.5) is 0 Å². The molecular formula is C12H18N2S. The second-order valence-electron chi connectivity index (χ2n) is 4.14. The van der Waals surface area contributed by atoms with Crippen molar-refractivity contribution in [3.8, 4) is 0 Å². The first kappa shape index (κ1) is 11.0. The van der Waals surface area contributed by atoms with Crippen LogP contribution in [0, 0.1) is 6.92 Å². The van der Waals surface area contributed by atoms with Gasteiger partial charge in [0, 0.05) is 31.1 Å². The van der Waals surface area contributed by atoms with Crippen LogP contribution in [0.15, 0.2) is 29.2 Å². The van der Waals surface area contributed by atoms with E-state index in [0.29, 0.717) is 0 Å². The van der Waals surface area contributed by atoms with Crippen LogP contribution in [0.2, 0.25) is 0 Å². The Morgan fingerprint density at radius 1 is 1.00 bits per heavy atom. The zero-order valence-corrected chi connectivity index (χ0v) is 10.3. The number of benzene rings is 1. The predicted octanol–water partition coefficient (Wildman–Crippen LogP) is 2.25. The maximum Gasteiger partial charge on any atom is 0.0230 e. The van der Waals surface area contributed by atoms with E-state index >= 15 is 0 Å². The van der Waals surface area contributed by atoms with Crippen molar-refractivity contribution in [3.63, 3.8) is 0 Å². The van der Waals surface area contributed by atoms with E-state index in [1.807, 2.05) is 11.9 Å². The molecule has 1 aliphatic rings. The molecule has 1 fully saturated rings. The van der Waals surface area contributed by atoms with Gasteiger partial charge in [-0.1, -0.05) is 17.7 Å². The van der Waals surface area contributed by atoms with Crippen LogP contribution in [0.5, 0.6) is 0 Å². The van der Waals surface area contributed by atoms with Gasteiger partial charge in [0.15, 0.2) is 0 Å². The van der Waals surface area contributed by atoms with Gasteiger partial charge in [0.1, 0.15) is 0 Å². The molecule has 1 heterocycles. The quantitative estimate of drug-likeness (QED) is 0.709. The lowest BCUT2D eigenvalue weighted by Crippen LogP contribution is -2.40. The lowest BCUT2D eigenvalue weighted by molar-refractivity contribution is 0.233. The van der Waals surface area contributed by atoms with Gasteiger partial charge >= 0.3 is 0 Å². The Morgan fingerprint density at radius 3 is 2.20 bits per heavy atom. The Kier molecular flexibility index (Phi) is 3.67. The van der Waals surface area contributed by atoms with E-state index < -0.39 is 0 Å². The highest BCUT2D eigenvalue weighted by Gasteiger charge is 2.14. The fraction of sp³-hybridized carbons (Fsp3) is 0.500. The van der Waals surface area contributed by atoms with Crippen LogP contribution in [0.3, 0.4) is 0 Å². The Balaban J connectivity index is 1.89. The molecule has 0 unspecified atom stereocenters. The average Bonchev–Trinajstić information content (AvgIpc) is 2.25. The molecule has 0 saturated carbocycles. The molecule has 0 atom stereocenters. The monoisotopic (exact) mass is 222 g/mol. The number of nitrogens with zero attached hydrogens (tertiary/aromatic N) is 2. The van der Waals surface area contributed by atoms with Crippen molar-refractivity contribution in [1.29, 1.82) is 0 Å². The highest BCUT2D eigenvalue weighted by molar-refractivity contribution is 7.97. The second kappa shape index (κ2) is 5.01. The molecule has 0 aliphatic carbocycles. The molecule has 3 heteroatoms. The first-order valence-corrected chi connectivity index (χ1v) is 6.19. The van der Waals surface area contributed by atoms with Crippen molar-refractivity contribution in [1.82, 2.24) is 9.21 Å². The van der Waals surface area contributed by atoms with Gasteiger partial charge in [0.05, 0.1) is 0 Å². The van der Waals surface area contributed by atoms with Gasteiger partial charge in [-0.3, -0.25) is 0 Å². The smallest absolute Gasteiger partial charge is 0.0230 e.